The largest absolute Gasteiger partial charge is 0.369 e. The van der Waals surface area contributed by atoms with Gasteiger partial charge in [0.05, 0.1) is 0 Å². The summed E-state index contributed by atoms with van der Waals surface area (Å²) in [5, 5.41) is 13.4. The molecule has 0 aromatic heterocycles. The van der Waals surface area contributed by atoms with Crippen LogP contribution >= 0.6 is 11.6 Å². The van der Waals surface area contributed by atoms with Crippen molar-refractivity contribution in [2.75, 3.05) is 5.32 Å². The Labute approximate surface area is 111 Å². The van der Waals surface area contributed by atoms with Gasteiger partial charge in [-0.2, -0.15) is 0 Å². The van der Waals surface area contributed by atoms with E-state index in [1.807, 2.05) is 19.9 Å². The monoisotopic (exact) mass is 265 g/mol. The Hall–Kier alpha value is -1.32. The molecule has 3 nitrogen and oxygen atoms in total. The van der Waals surface area contributed by atoms with E-state index in [4.69, 9.17) is 11.6 Å². The van der Waals surface area contributed by atoms with Crippen LogP contribution in [0.5, 0.6) is 0 Å². The molecule has 1 aliphatic rings. The molecule has 96 valence electrons. The summed E-state index contributed by atoms with van der Waals surface area (Å²) in [7, 11) is 0. The number of anilines is 1. The normalized spacial score (nSPS) is 21.6. The number of nitrogens with one attached hydrogen (secondary N) is 1. The minimum Gasteiger partial charge on any atom is -0.369 e. The maximum Gasteiger partial charge on any atom is 0.158 e. The summed E-state index contributed by atoms with van der Waals surface area (Å²) in [5.41, 5.74) is 2.22. The molecule has 1 aromatic carbocycles. The van der Waals surface area contributed by atoms with Crippen LogP contribution in [0.4, 0.5) is 5.69 Å². The van der Waals surface area contributed by atoms with Gasteiger partial charge in [-0.05, 0) is 24.6 Å². The van der Waals surface area contributed by atoms with E-state index in [0.29, 0.717) is 10.6 Å². The van der Waals surface area contributed by atoms with E-state index in [-0.39, 0.29) is 11.7 Å². The number of hydrogen-bond donors (Lipinski definition) is 2. The fourth-order valence-corrected chi connectivity index (χ4v) is 2.09. The van der Waals surface area contributed by atoms with Gasteiger partial charge in [0.1, 0.15) is 0 Å². The van der Waals surface area contributed by atoms with Crippen LogP contribution in [0.15, 0.2) is 24.3 Å². The van der Waals surface area contributed by atoms with E-state index in [2.05, 4.69) is 5.32 Å². The Balaban J connectivity index is 2.36. The number of aliphatic hydroxyl groups excluding tert-OH is 1. The lowest BCUT2D eigenvalue weighted by Gasteiger charge is -2.07. The summed E-state index contributed by atoms with van der Waals surface area (Å²) < 4.78 is 0. The fraction of sp³-hybridized carbons (Fsp3) is 0.357. The topological polar surface area (TPSA) is 49.3 Å². The third kappa shape index (κ3) is 2.42. The molecular formula is C14H16ClNO2. The zero-order valence-electron chi connectivity index (χ0n) is 10.4. The molecule has 0 fully saturated rings. The molecule has 1 heterocycles. The van der Waals surface area contributed by atoms with Crippen LogP contribution in [0.2, 0.25) is 5.02 Å². The lowest BCUT2D eigenvalue weighted by molar-refractivity contribution is -0.117. The summed E-state index contributed by atoms with van der Waals surface area (Å²) in [5.74, 6) is 0.0113. The van der Waals surface area contributed by atoms with E-state index >= 15 is 0 Å². The molecule has 2 rings (SSSR count). The first kappa shape index (κ1) is 13.1. The van der Waals surface area contributed by atoms with Gasteiger partial charge in [-0.25, -0.2) is 0 Å². The van der Waals surface area contributed by atoms with E-state index in [9.17, 15) is 9.90 Å². The number of allylic oxidation sites excluding steroid dienone is 1. The number of halogens is 1. The van der Waals surface area contributed by atoms with E-state index in [1.165, 1.54) is 6.08 Å². The summed E-state index contributed by atoms with van der Waals surface area (Å²) >= 11 is 5.89. The smallest absolute Gasteiger partial charge is 0.158 e. The number of fused-ring (bicyclic) bond motifs is 1. The van der Waals surface area contributed by atoms with Crippen LogP contribution in [0.1, 0.15) is 25.8 Å². The second-order valence-corrected chi connectivity index (χ2v) is 4.98. The molecule has 4 heteroatoms. The van der Waals surface area contributed by atoms with Crippen molar-refractivity contribution in [3.63, 3.8) is 0 Å². The second kappa shape index (κ2) is 5.12. The van der Waals surface area contributed by atoms with Crippen molar-refractivity contribution in [1.29, 1.82) is 0 Å². The highest BCUT2D eigenvalue weighted by atomic mass is 35.5. The van der Waals surface area contributed by atoms with Crippen LogP contribution in [-0.4, -0.2) is 17.1 Å². The Morgan fingerprint density at radius 3 is 3.00 bits per heavy atom. The average Bonchev–Trinajstić information content (AvgIpc) is 2.64. The molecule has 2 unspecified atom stereocenters. The molecule has 2 atom stereocenters. The summed E-state index contributed by atoms with van der Waals surface area (Å²) in [6, 6.07) is 5.31. The van der Waals surface area contributed by atoms with Crippen molar-refractivity contribution < 1.29 is 9.90 Å². The molecule has 0 saturated carbocycles. The maximum absolute atomic E-state index is 11.9. The van der Waals surface area contributed by atoms with Gasteiger partial charge in [0.15, 0.2) is 12.0 Å². The minimum atomic E-state index is -0.841. The van der Waals surface area contributed by atoms with Crippen LogP contribution in [-0.2, 0) is 4.79 Å². The number of rotatable bonds is 3. The third-order valence-corrected chi connectivity index (χ3v) is 3.51. The van der Waals surface area contributed by atoms with Crippen molar-refractivity contribution in [3.8, 4) is 0 Å². The maximum atomic E-state index is 11.9. The second-order valence-electron chi connectivity index (χ2n) is 4.55. The zero-order valence-corrected chi connectivity index (χ0v) is 11.2. The van der Waals surface area contributed by atoms with Crippen LogP contribution in [0.25, 0.3) is 5.57 Å². The highest BCUT2D eigenvalue weighted by Crippen LogP contribution is 2.36. The number of hydrogen-bond acceptors (Lipinski definition) is 3. The molecule has 0 spiro atoms. The summed E-state index contributed by atoms with van der Waals surface area (Å²) in [6.07, 6.45) is 1.48. The first-order chi connectivity index (χ1) is 8.52. The predicted molar refractivity (Wildman–Crippen MR) is 73.5 cm³/mol. The molecule has 2 N–H and O–H groups in total. The molecule has 0 saturated heterocycles. The van der Waals surface area contributed by atoms with Crippen molar-refractivity contribution in [2.24, 2.45) is 5.92 Å². The Bertz CT molecular complexity index is 511. The highest BCUT2D eigenvalue weighted by molar-refractivity contribution is 6.31. The first-order valence-electron chi connectivity index (χ1n) is 6.03. The summed E-state index contributed by atoms with van der Waals surface area (Å²) in [4.78, 5) is 11.9. The van der Waals surface area contributed by atoms with E-state index < -0.39 is 6.23 Å². The van der Waals surface area contributed by atoms with Gasteiger partial charge in [-0.1, -0.05) is 31.5 Å². The fourth-order valence-electron chi connectivity index (χ4n) is 1.91. The molecule has 0 bridgehead atoms. The van der Waals surface area contributed by atoms with Crippen molar-refractivity contribution in [1.82, 2.24) is 0 Å². The number of aliphatic hydroxyl groups is 1. The predicted octanol–water partition coefficient (Wildman–Crippen LogP) is 3.08. The lowest BCUT2D eigenvalue weighted by atomic mass is 9.98. The van der Waals surface area contributed by atoms with Gasteiger partial charge in [0.2, 0.25) is 0 Å². The Kier molecular flexibility index (Phi) is 3.73. The van der Waals surface area contributed by atoms with Crippen molar-refractivity contribution in [2.45, 2.75) is 26.5 Å². The van der Waals surface area contributed by atoms with Crippen LogP contribution in [0, 0.1) is 5.92 Å². The number of carbonyl (C=O) groups excluding carboxylic acids is 1. The molecule has 0 amide bonds. The van der Waals surface area contributed by atoms with Gasteiger partial charge in [-0.15, -0.1) is 0 Å². The molecule has 1 aromatic rings. The highest BCUT2D eigenvalue weighted by Gasteiger charge is 2.25. The van der Waals surface area contributed by atoms with Gasteiger partial charge in [0, 0.05) is 27.8 Å². The Morgan fingerprint density at radius 2 is 2.33 bits per heavy atom. The molecule has 18 heavy (non-hydrogen) atoms. The average molecular weight is 266 g/mol. The van der Waals surface area contributed by atoms with Crippen LogP contribution < -0.4 is 5.32 Å². The van der Waals surface area contributed by atoms with Gasteiger partial charge in [-0.3, -0.25) is 4.79 Å². The number of ketones is 1. The molecule has 0 radical (unpaired) electrons. The van der Waals surface area contributed by atoms with Crippen molar-refractivity contribution in [3.05, 3.63) is 34.9 Å². The van der Waals surface area contributed by atoms with Gasteiger partial charge in [0.25, 0.3) is 0 Å². The molecule has 1 aliphatic heterocycles. The van der Waals surface area contributed by atoms with Gasteiger partial charge >= 0.3 is 0 Å². The Morgan fingerprint density at radius 1 is 1.61 bits per heavy atom. The van der Waals surface area contributed by atoms with Crippen LogP contribution in [0.3, 0.4) is 0 Å². The SMILES string of the molecule is CCC(C)C(=O)/C=C1\c2ccc(Cl)cc2NC1O. The third-order valence-electron chi connectivity index (χ3n) is 3.28. The standard InChI is InChI=1S/C14H16ClNO2/c1-3-8(2)13(17)7-11-10-5-4-9(15)6-12(10)16-14(11)18/h4-8,14,16,18H,3H2,1-2H3/b11-7+. The number of carbonyl (C=O) groups is 1. The summed E-state index contributed by atoms with van der Waals surface area (Å²) in [6.45, 7) is 3.86. The molecule has 0 aliphatic carbocycles. The quantitative estimate of drug-likeness (QED) is 0.826. The zero-order chi connectivity index (χ0) is 13.3. The minimum absolute atomic E-state index is 0.0268. The lowest BCUT2D eigenvalue weighted by Crippen LogP contribution is -2.15. The molecular weight excluding hydrogens is 250 g/mol. The van der Waals surface area contributed by atoms with Crippen molar-refractivity contribution >= 4 is 28.6 Å². The van der Waals surface area contributed by atoms with E-state index in [0.717, 1.165) is 17.7 Å². The van der Waals surface area contributed by atoms with Gasteiger partial charge < -0.3 is 10.4 Å². The first-order valence-corrected chi connectivity index (χ1v) is 6.40. The number of benzene rings is 1. The van der Waals surface area contributed by atoms with E-state index in [1.54, 1.807) is 12.1 Å².